The van der Waals surface area contributed by atoms with Crippen LogP contribution in [-0.2, 0) is 9.53 Å². The third kappa shape index (κ3) is 4.29. The van der Waals surface area contributed by atoms with Crippen LogP contribution in [0, 0.1) is 0 Å². The number of rotatable bonds is 4. The van der Waals surface area contributed by atoms with Crippen LogP contribution in [0.2, 0.25) is 0 Å². The van der Waals surface area contributed by atoms with Gasteiger partial charge in [-0.3, -0.25) is 9.59 Å². The number of nitrogens with zero attached hydrogens (tertiary/aromatic N) is 2. The molecule has 3 rings (SSSR count). The van der Waals surface area contributed by atoms with Gasteiger partial charge in [0.05, 0.1) is 0 Å². The number of methoxy groups -OCH3 is 1. The fourth-order valence-corrected chi connectivity index (χ4v) is 3.20. The van der Waals surface area contributed by atoms with Gasteiger partial charge in [0, 0.05) is 38.9 Å². The zero-order chi connectivity index (χ0) is 18.4. The van der Waals surface area contributed by atoms with Crippen molar-refractivity contribution in [1.82, 2.24) is 9.80 Å². The summed E-state index contributed by atoms with van der Waals surface area (Å²) in [4.78, 5) is 28.4. The van der Waals surface area contributed by atoms with Gasteiger partial charge in [0.25, 0.3) is 5.91 Å². The largest absolute Gasteiger partial charge is 0.375 e. The lowest BCUT2D eigenvalue weighted by Crippen LogP contribution is -2.38. The first-order valence-corrected chi connectivity index (χ1v) is 8.90. The molecule has 1 saturated heterocycles. The molecule has 0 spiro atoms. The van der Waals surface area contributed by atoms with E-state index in [9.17, 15) is 9.59 Å². The minimum atomic E-state index is -0.0194. The highest BCUT2D eigenvalue weighted by Gasteiger charge is 2.22. The average Bonchev–Trinajstić information content (AvgIpc) is 2.95. The fourth-order valence-electron chi connectivity index (χ4n) is 3.20. The number of ether oxygens (including phenoxy) is 1. The van der Waals surface area contributed by atoms with Crippen LogP contribution in [-0.4, -0.2) is 61.5 Å². The molecule has 136 valence electrons. The molecule has 0 aliphatic carbocycles. The summed E-state index contributed by atoms with van der Waals surface area (Å²) in [5, 5.41) is 0. The van der Waals surface area contributed by atoms with Gasteiger partial charge < -0.3 is 14.5 Å². The minimum Gasteiger partial charge on any atom is -0.375 e. The monoisotopic (exact) mass is 352 g/mol. The Hall–Kier alpha value is -2.66. The number of carbonyl (C=O) groups excluding carboxylic acids is 2. The van der Waals surface area contributed by atoms with Crippen molar-refractivity contribution in [2.24, 2.45) is 0 Å². The van der Waals surface area contributed by atoms with E-state index < -0.39 is 0 Å². The predicted octanol–water partition coefficient (Wildman–Crippen LogP) is 2.67. The summed E-state index contributed by atoms with van der Waals surface area (Å²) in [6.07, 6.45) is 0.781. The summed E-state index contributed by atoms with van der Waals surface area (Å²) < 4.78 is 4.92. The molecule has 1 fully saturated rings. The Kier molecular flexibility index (Phi) is 6.02. The van der Waals surface area contributed by atoms with E-state index in [0.717, 1.165) is 17.5 Å². The van der Waals surface area contributed by atoms with Crippen molar-refractivity contribution in [2.45, 2.75) is 6.42 Å². The van der Waals surface area contributed by atoms with Crippen LogP contribution in [0.15, 0.2) is 54.6 Å². The van der Waals surface area contributed by atoms with Crippen LogP contribution >= 0.6 is 0 Å². The SMILES string of the molecule is COCC(=O)N1CCCN(C(=O)c2ccc(-c3ccccc3)cc2)CC1. The van der Waals surface area contributed by atoms with E-state index in [-0.39, 0.29) is 18.4 Å². The maximum atomic E-state index is 12.8. The molecule has 0 N–H and O–H groups in total. The topological polar surface area (TPSA) is 49.9 Å². The number of amides is 2. The van der Waals surface area contributed by atoms with Crippen molar-refractivity contribution in [2.75, 3.05) is 39.9 Å². The maximum absolute atomic E-state index is 12.8. The van der Waals surface area contributed by atoms with E-state index in [4.69, 9.17) is 4.74 Å². The van der Waals surface area contributed by atoms with Gasteiger partial charge in [0.1, 0.15) is 6.61 Å². The number of hydrogen-bond donors (Lipinski definition) is 0. The Morgan fingerprint density at radius 3 is 2.15 bits per heavy atom. The Morgan fingerprint density at radius 1 is 0.846 bits per heavy atom. The molecule has 1 aliphatic rings. The standard InChI is InChI=1S/C21H24N2O3/c1-26-16-20(24)22-12-5-13-23(15-14-22)21(25)19-10-8-18(9-11-19)17-6-3-2-4-7-17/h2-4,6-11H,5,12-16H2,1H3. The highest BCUT2D eigenvalue weighted by molar-refractivity contribution is 5.94. The Bertz CT molecular complexity index is 744. The lowest BCUT2D eigenvalue weighted by atomic mass is 10.0. The van der Waals surface area contributed by atoms with E-state index in [2.05, 4.69) is 12.1 Å². The van der Waals surface area contributed by atoms with Gasteiger partial charge in [0.15, 0.2) is 0 Å². The molecular weight excluding hydrogens is 328 g/mol. The van der Waals surface area contributed by atoms with Crippen LogP contribution in [0.4, 0.5) is 0 Å². The molecular formula is C21H24N2O3. The second-order valence-corrected chi connectivity index (χ2v) is 6.40. The molecule has 2 amide bonds. The molecule has 0 bridgehead atoms. The first-order valence-electron chi connectivity index (χ1n) is 8.90. The van der Waals surface area contributed by atoms with E-state index >= 15 is 0 Å². The van der Waals surface area contributed by atoms with Gasteiger partial charge in [-0.05, 0) is 29.7 Å². The average molecular weight is 352 g/mol. The van der Waals surface area contributed by atoms with Crippen molar-refractivity contribution >= 4 is 11.8 Å². The molecule has 0 aromatic heterocycles. The van der Waals surface area contributed by atoms with Crippen LogP contribution < -0.4 is 0 Å². The van der Waals surface area contributed by atoms with Crippen LogP contribution in [0.3, 0.4) is 0 Å². The van der Waals surface area contributed by atoms with Gasteiger partial charge in [0.2, 0.25) is 5.91 Å². The summed E-state index contributed by atoms with van der Waals surface area (Å²) in [6.45, 7) is 2.52. The highest BCUT2D eigenvalue weighted by Crippen LogP contribution is 2.20. The molecule has 0 atom stereocenters. The second-order valence-electron chi connectivity index (χ2n) is 6.40. The zero-order valence-corrected chi connectivity index (χ0v) is 15.1. The number of benzene rings is 2. The van der Waals surface area contributed by atoms with Crippen LogP contribution in [0.5, 0.6) is 0 Å². The highest BCUT2D eigenvalue weighted by atomic mass is 16.5. The lowest BCUT2D eigenvalue weighted by Gasteiger charge is -2.22. The van der Waals surface area contributed by atoms with Gasteiger partial charge in [-0.25, -0.2) is 0 Å². The second kappa shape index (κ2) is 8.63. The number of hydrogen-bond acceptors (Lipinski definition) is 3. The molecule has 2 aromatic carbocycles. The predicted molar refractivity (Wildman–Crippen MR) is 101 cm³/mol. The normalized spacial score (nSPS) is 14.8. The fraction of sp³-hybridized carbons (Fsp3) is 0.333. The molecule has 2 aromatic rings. The molecule has 26 heavy (non-hydrogen) atoms. The Labute approximate surface area is 154 Å². The van der Waals surface area contributed by atoms with Crippen molar-refractivity contribution in [3.8, 4) is 11.1 Å². The summed E-state index contributed by atoms with van der Waals surface area (Å²) in [5.41, 5.74) is 2.91. The smallest absolute Gasteiger partial charge is 0.253 e. The van der Waals surface area contributed by atoms with Crippen LogP contribution in [0.25, 0.3) is 11.1 Å². The Morgan fingerprint density at radius 2 is 1.46 bits per heavy atom. The number of carbonyl (C=O) groups is 2. The van der Waals surface area contributed by atoms with E-state index in [0.29, 0.717) is 31.7 Å². The zero-order valence-electron chi connectivity index (χ0n) is 15.1. The summed E-state index contributed by atoms with van der Waals surface area (Å²) >= 11 is 0. The van der Waals surface area contributed by atoms with Gasteiger partial charge in [-0.1, -0.05) is 42.5 Å². The molecule has 0 radical (unpaired) electrons. The van der Waals surface area contributed by atoms with E-state index in [1.54, 1.807) is 4.90 Å². The third-order valence-corrected chi connectivity index (χ3v) is 4.64. The molecule has 5 nitrogen and oxygen atoms in total. The van der Waals surface area contributed by atoms with Crippen molar-refractivity contribution < 1.29 is 14.3 Å². The van der Waals surface area contributed by atoms with Crippen LogP contribution in [0.1, 0.15) is 16.8 Å². The van der Waals surface area contributed by atoms with Gasteiger partial charge >= 0.3 is 0 Å². The maximum Gasteiger partial charge on any atom is 0.253 e. The van der Waals surface area contributed by atoms with E-state index in [1.807, 2.05) is 47.4 Å². The molecule has 5 heteroatoms. The Balaban J connectivity index is 1.65. The van der Waals surface area contributed by atoms with E-state index in [1.165, 1.54) is 7.11 Å². The molecule has 0 saturated carbocycles. The quantitative estimate of drug-likeness (QED) is 0.850. The molecule has 1 heterocycles. The summed E-state index contributed by atoms with van der Waals surface area (Å²) in [5.74, 6) is -0.000310. The van der Waals surface area contributed by atoms with Crippen molar-refractivity contribution in [1.29, 1.82) is 0 Å². The molecule has 1 aliphatic heterocycles. The lowest BCUT2D eigenvalue weighted by molar-refractivity contribution is -0.135. The minimum absolute atomic E-state index is 0.0191. The third-order valence-electron chi connectivity index (χ3n) is 4.64. The van der Waals surface area contributed by atoms with Gasteiger partial charge in [-0.15, -0.1) is 0 Å². The first kappa shape index (κ1) is 18.1. The first-order chi connectivity index (χ1) is 12.7. The van der Waals surface area contributed by atoms with Crippen molar-refractivity contribution in [3.05, 3.63) is 60.2 Å². The van der Waals surface area contributed by atoms with Gasteiger partial charge in [-0.2, -0.15) is 0 Å². The summed E-state index contributed by atoms with van der Waals surface area (Å²) in [6, 6.07) is 17.8. The van der Waals surface area contributed by atoms with Crippen molar-refractivity contribution in [3.63, 3.8) is 0 Å². The molecule has 0 unspecified atom stereocenters. The summed E-state index contributed by atoms with van der Waals surface area (Å²) in [7, 11) is 1.52.